The molecule has 1 aromatic carbocycles. The summed E-state index contributed by atoms with van der Waals surface area (Å²) in [4.78, 5) is 4.31. The van der Waals surface area contributed by atoms with Gasteiger partial charge in [0.25, 0.3) is 0 Å². The van der Waals surface area contributed by atoms with E-state index in [9.17, 15) is 0 Å². The molecule has 0 atom stereocenters. The average molecular weight is 355 g/mol. The largest absolute Gasteiger partial charge is 0.495 e. The van der Waals surface area contributed by atoms with E-state index in [0.29, 0.717) is 28.4 Å². The maximum absolute atomic E-state index is 5.39. The van der Waals surface area contributed by atoms with Crippen LogP contribution in [0.5, 0.6) is 5.75 Å². The first-order valence-electron chi connectivity index (χ1n) is 7.38. The summed E-state index contributed by atoms with van der Waals surface area (Å²) in [5.74, 6) is 2.67. The molecule has 0 aliphatic rings. The van der Waals surface area contributed by atoms with Gasteiger partial charge in [0.2, 0.25) is 11.7 Å². The van der Waals surface area contributed by atoms with Crippen LogP contribution in [-0.2, 0) is 5.75 Å². The molecule has 0 aliphatic heterocycles. The number of thioether (sulfide) groups is 1. The van der Waals surface area contributed by atoms with E-state index in [1.54, 1.807) is 31.8 Å². The molecule has 9 heteroatoms. The average Bonchev–Trinajstić information content (AvgIpc) is 3.40. The second-order valence-corrected chi connectivity index (χ2v) is 5.88. The van der Waals surface area contributed by atoms with Crippen LogP contribution >= 0.6 is 11.8 Å². The highest BCUT2D eigenvalue weighted by atomic mass is 32.2. The molecule has 8 nitrogen and oxygen atoms in total. The number of aromatic nitrogens is 5. The minimum absolute atomic E-state index is 0.423. The summed E-state index contributed by atoms with van der Waals surface area (Å²) in [5, 5.41) is 12.7. The van der Waals surface area contributed by atoms with Crippen molar-refractivity contribution in [1.82, 2.24) is 24.9 Å². The third-order valence-electron chi connectivity index (χ3n) is 3.40. The van der Waals surface area contributed by atoms with Gasteiger partial charge in [-0.05, 0) is 24.3 Å². The van der Waals surface area contributed by atoms with Gasteiger partial charge in [0, 0.05) is 0 Å². The number of furan rings is 1. The van der Waals surface area contributed by atoms with Gasteiger partial charge in [0.1, 0.15) is 12.1 Å². The fourth-order valence-electron chi connectivity index (χ4n) is 2.26. The zero-order chi connectivity index (χ0) is 17.1. The van der Waals surface area contributed by atoms with Gasteiger partial charge in [-0.2, -0.15) is 4.98 Å². The van der Waals surface area contributed by atoms with Crippen molar-refractivity contribution in [1.29, 1.82) is 0 Å². The maximum Gasteiger partial charge on any atom is 0.238 e. The topological polar surface area (TPSA) is 92.0 Å². The predicted molar refractivity (Wildman–Crippen MR) is 89.5 cm³/mol. The molecule has 25 heavy (non-hydrogen) atoms. The number of nitrogens with zero attached hydrogens (tertiary/aromatic N) is 5. The van der Waals surface area contributed by atoms with Gasteiger partial charge in [-0.1, -0.05) is 29.1 Å². The molecule has 0 saturated carbocycles. The van der Waals surface area contributed by atoms with Crippen molar-refractivity contribution < 1.29 is 13.7 Å². The summed E-state index contributed by atoms with van der Waals surface area (Å²) in [6, 6.07) is 11.2. The quantitative estimate of drug-likeness (QED) is 0.487. The van der Waals surface area contributed by atoms with Crippen molar-refractivity contribution in [2.45, 2.75) is 10.9 Å². The summed E-state index contributed by atoms with van der Waals surface area (Å²) < 4.78 is 17.8. The van der Waals surface area contributed by atoms with Crippen LogP contribution in [0.3, 0.4) is 0 Å². The summed E-state index contributed by atoms with van der Waals surface area (Å²) in [7, 11) is 1.63. The maximum atomic E-state index is 5.39. The van der Waals surface area contributed by atoms with Gasteiger partial charge in [0.15, 0.2) is 10.9 Å². The molecule has 0 amide bonds. The second kappa shape index (κ2) is 6.81. The molecule has 126 valence electrons. The van der Waals surface area contributed by atoms with Crippen LogP contribution < -0.4 is 4.74 Å². The van der Waals surface area contributed by atoms with Gasteiger partial charge in [-0.3, -0.25) is 4.57 Å². The molecular weight excluding hydrogens is 342 g/mol. The number of benzene rings is 1. The molecule has 4 rings (SSSR count). The first-order valence-corrected chi connectivity index (χ1v) is 8.36. The van der Waals surface area contributed by atoms with E-state index in [1.165, 1.54) is 11.8 Å². The van der Waals surface area contributed by atoms with Crippen LogP contribution in [-0.4, -0.2) is 32.0 Å². The van der Waals surface area contributed by atoms with E-state index < -0.39 is 0 Å². The standard InChI is InChI=1S/C16H13N5O3S/c1-22-12-6-3-2-5-11(12)21-10-17-19-16(21)25-9-14-18-15(20-24-14)13-7-4-8-23-13/h2-8,10H,9H2,1H3. The van der Waals surface area contributed by atoms with E-state index >= 15 is 0 Å². The monoisotopic (exact) mass is 355 g/mol. The van der Waals surface area contributed by atoms with Crippen molar-refractivity contribution in [3.8, 4) is 23.0 Å². The van der Waals surface area contributed by atoms with Gasteiger partial charge in [-0.25, -0.2) is 0 Å². The molecule has 4 aromatic rings. The van der Waals surface area contributed by atoms with Crippen LogP contribution in [0.15, 0.2) is 63.1 Å². The predicted octanol–water partition coefficient (Wildman–Crippen LogP) is 3.21. The molecular formula is C16H13N5O3S. The Balaban J connectivity index is 1.52. The number of rotatable bonds is 6. The number of ether oxygens (including phenoxy) is 1. The Kier molecular flexibility index (Phi) is 4.21. The summed E-state index contributed by atoms with van der Waals surface area (Å²) in [6.07, 6.45) is 3.21. The lowest BCUT2D eigenvalue weighted by molar-refractivity contribution is 0.390. The Morgan fingerprint density at radius 2 is 2.12 bits per heavy atom. The highest BCUT2D eigenvalue weighted by Gasteiger charge is 2.15. The molecule has 0 saturated heterocycles. The van der Waals surface area contributed by atoms with E-state index in [1.807, 2.05) is 28.8 Å². The Labute approximate surface area is 146 Å². The zero-order valence-electron chi connectivity index (χ0n) is 13.2. The molecule has 3 heterocycles. The van der Waals surface area contributed by atoms with E-state index in [4.69, 9.17) is 13.7 Å². The molecule has 0 radical (unpaired) electrons. The summed E-state index contributed by atoms with van der Waals surface area (Å²) >= 11 is 1.44. The third kappa shape index (κ3) is 3.13. The minimum atomic E-state index is 0.423. The van der Waals surface area contributed by atoms with Crippen LogP contribution in [0.25, 0.3) is 17.3 Å². The van der Waals surface area contributed by atoms with Crippen LogP contribution in [0, 0.1) is 0 Å². The summed E-state index contributed by atoms with van der Waals surface area (Å²) in [5.41, 5.74) is 0.860. The third-order valence-corrected chi connectivity index (χ3v) is 4.32. The van der Waals surface area contributed by atoms with E-state index in [-0.39, 0.29) is 0 Å². The Hall–Kier alpha value is -3.07. The highest BCUT2D eigenvalue weighted by molar-refractivity contribution is 7.98. The second-order valence-electron chi connectivity index (χ2n) is 4.93. The molecule has 3 aromatic heterocycles. The molecule has 0 spiro atoms. The van der Waals surface area contributed by atoms with Crippen LogP contribution in [0.4, 0.5) is 0 Å². The fourth-order valence-corrected chi connectivity index (χ4v) is 3.02. The molecule has 0 N–H and O–H groups in total. The van der Waals surface area contributed by atoms with Gasteiger partial charge in [0.05, 0.1) is 24.8 Å². The van der Waals surface area contributed by atoms with Crippen molar-refractivity contribution >= 4 is 11.8 Å². The van der Waals surface area contributed by atoms with Crippen molar-refractivity contribution in [3.63, 3.8) is 0 Å². The number of para-hydroxylation sites is 2. The summed E-state index contributed by atoms with van der Waals surface area (Å²) in [6.45, 7) is 0. The normalized spacial score (nSPS) is 10.9. The SMILES string of the molecule is COc1ccccc1-n1cnnc1SCc1nc(-c2ccco2)no1. The van der Waals surface area contributed by atoms with Crippen molar-refractivity contribution in [2.24, 2.45) is 0 Å². The lowest BCUT2D eigenvalue weighted by Gasteiger charge is -2.10. The Morgan fingerprint density at radius 1 is 1.20 bits per heavy atom. The van der Waals surface area contributed by atoms with Crippen molar-refractivity contribution in [3.05, 3.63) is 54.9 Å². The Bertz CT molecular complexity index is 964. The lowest BCUT2D eigenvalue weighted by atomic mass is 10.3. The Morgan fingerprint density at radius 3 is 2.96 bits per heavy atom. The molecule has 0 aliphatic carbocycles. The van der Waals surface area contributed by atoms with Crippen molar-refractivity contribution in [2.75, 3.05) is 7.11 Å². The van der Waals surface area contributed by atoms with Gasteiger partial charge in [-0.15, -0.1) is 10.2 Å². The number of hydrogen-bond donors (Lipinski definition) is 0. The first kappa shape index (κ1) is 15.5. The zero-order valence-corrected chi connectivity index (χ0v) is 14.0. The molecule has 0 fully saturated rings. The van der Waals surface area contributed by atoms with E-state index in [2.05, 4.69) is 20.3 Å². The smallest absolute Gasteiger partial charge is 0.238 e. The van der Waals surface area contributed by atoms with E-state index in [0.717, 1.165) is 11.4 Å². The molecule has 0 unspecified atom stereocenters. The first-order chi connectivity index (χ1) is 12.3. The number of hydrogen-bond acceptors (Lipinski definition) is 8. The highest BCUT2D eigenvalue weighted by Crippen LogP contribution is 2.28. The van der Waals surface area contributed by atoms with Gasteiger partial charge < -0.3 is 13.7 Å². The van der Waals surface area contributed by atoms with Crippen LogP contribution in [0.2, 0.25) is 0 Å². The number of methoxy groups -OCH3 is 1. The lowest BCUT2D eigenvalue weighted by Crippen LogP contribution is -1.98. The fraction of sp³-hybridized carbons (Fsp3) is 0.125. The van der Waals surface area contributed by atoms with Gasteiger partial charge >= 0.3 is 0 Å². The van der Waals surface area contributed by atoms with Crippen LogP contribution in [0.1, 0.15) is 5.89 Å². The molecule has 0 bridgehead atoms. The minimum Gasteiger partial charge on any atom is -0.495 e.